The number of hydrogen-bond acceptors (Lipinski definition) is 4. The molecule has 25 heavy (non-hydrogen) atoms. The summed E-state index contributed by atoms with van der Waals surface area (Å²) in [5.41, 5.74) is 3.22. The van der Waals surface area contributed by atoms with Gasteiger partial charge in [0, 0.05) is 23.8 Å². The van der Waals surface area contributed by atoms with Crippen molar-refractivity contribution in [2.75, 3.05) is 0 Å². The molecule has 126 valence electrons. The van der Waals surface area contributed by atoms with Crippen molar-refractivity contribution in [3.8, 4) is 0 Å². The molecule has 1 N–H and O–H groups in total. The first-order valence-corrected chi connectivity index (χ1v) is 8.93. The van der Waals surface area contributed by atoms with Gasteiger partial charge in [-0.2, -0.15) is 0 Å². The van der Waals surface area contributed by atoms with E-state index in [-0.39, 0.29) is 11.9 Å². The summed E-state index contributed by atoms with van der Waals surface area (Å²) in [6.07, 6.45) is 7.39. The zero-order valence-corrected chi connectivity index (χ0v) is 14.7. The summed E-state index contributed by atoms with van der Waals surface area (Å²) in [5.74, 6) is -0.155. The smallest absolute Gasteiger partial charge is 0.244 e. The van der Waals surface area contributed by atoms with Gasteiger partial charge in [0.2, 0.25) is 5.91 Å². The lowest BCUT2D eigenvalue weighted by molar-refractivity contribution is -0.117. The molecule has 0 aliphatic heterocycles. The Morgan fingerprint density at radius 1 is 1.16 bits per heavy atom. The summed E-state index contributed by atoms with van der Waals surface area (Å²) in [6.45, 7) is 2.06. The van der Waals surface area contributed by atoms with Crippen molar-refractivity contribution >= 4 is 23.3 Å². The molecule has 0 aliphatic carbocycles. The summed E-state index contributed by atoms with van der Waals surface area (Å²) >= 11 is 1.49. The summed E-state index contributed by atoms with van der Waals surface area (Å²) in [4.78, 5) is 20.9. The molecule has 5 heteroatoms. The molecule has 0 bridgehead atoms. The van der Waals surface area contributed by atoms with Gasteiger partial charge in [-0.05, 0) is 37.1 Å². The van der Waals surface area contributed by atoms with Gasteiger partial charge in [0.05, 0.1) is 11.7 Å². The Labute approximate surface area is 151 Å². The highest BCUT2D eigenvalue weighted by molar-refractivity contribution is 7.10. The second-order valence-corrected chi connectivity index (χ2v) is 6.64. The number of hydrogen-bond donors (Lipinski definition) is 1. The maximum absolute atomic E-state index is 12.3. The molecule has 3 rings (SSSR count). The molecular weight excluding hydrogens is 330 g/mol. The molecule has 0 radical (unpaired) electrons. The molecule has 1 atom stereocenters. The number of thiazole rings is 1. The average molecular weight is 349 g/mol. The molecule has 1 unspecified atom stereocenters. The van der Waals surface area contributed by atoms with Gasteiger partial charge < -0.3 is 5.32 Å². The molecule has 4 nitrogen and oxygen atoms in total. The Kier molecular flexibility index (Phi) is 5.69. The third kappa shape index (κ3) is 5.09. The lowest BCUT2D eigenvalue weighted by Crippen LogP contribution is -2.29. The van der Waals surface area contributed by atoms with Gasteiger partial charge in [-0.15, -0.1) is 11.3 Å². The van der Waals surface area contributed by atoms with Crippen molar-refractivity contribution < 1.29 is 4.79 Å². The number of benzene rings is 1. The number of carbonyl (C=O) groups is 1. The predicted molar refractivity (Wildman–Crippen MR) is 101 cm³/mol. The minimum absolute atomic E-state index is 0.155. The Morgan fingerprint density at radius 3 is 2.68 bits per heavy atom. The van der Waals surface area contributed by atoms with Crippen LogP contribution in [0.25, 0.3) is 6.08 Å². The number of rotatable bonds is 6. The average Bonchev–Trinajstić information content (AvgIpc) is 3.16. The second-order valence-electron chi connectivity index (χ2n) is 5.71. The summed E-state index contributed by atoms with van der Waals surface area (Å²) in [6, 6.07) is 13.9. The van der Waals surface area contributed by atoms with Gasteiger partial charge in [-0.25, -0.2) is 4.98 Å². The third-order valence-corrected chi connectivity index (χ3v) is 4.49. The molecule has 2 aromatic heterocycles. The van der Waals surface area contributed by atoms with E-state index in [9.17, 15) is 4.79 Å². The quantitative estimate of drug-likeness (QED) is 0.685. The van der Waals surface area contributed by atoms with Crippen LogP contribution in [0.1, 0.15) is 27.9 Å². The lowest BCUT2D eigenvalue weighted by atomic mass is 10.0. The summed E-state index contributed by atoms with van der Waals surface area (Å²) < 4.78 is 0. The van der Waals surface area contributed by atoms with Crippen molar-refractivity contribution in [3.05, 3.63) is 88.1 Å². The van der Waals surface area contributed by atoms with Gasteiger partial charge in [0.15, 0.2) is 0 Å². The van der Waals surface area contributed by atoms with Crippen LogP contribution in [0, 0.1) is 6.92 Å². The first-order chi connectivity index (χ1) is 12.2. The van der Waals surface area contributed by atoms with E-state index in [1.807, 2.05) is 23.6 Å². The van der Waals surface area contributed by atoms with E-state index >= 15 is 0 Å². The van der Waals surface area contributed by atoms with Crippen LogP contribution < -0.4 is 5.32 Å². The first-order valence-electron chi connectivity index (χ1n) is 8.05. The third-order valence-electron chi connectivity index (χ3n) is 3.75. The zero-order chi connectivity index (χ0) is 17.5. The monoisotopic (exact) mass is 349 g/mol. The standard InChI is InChI=1S/C20H19N3OS/c1-15-5-7-16(8-6-15)14-18(17-4-2-3-11-21-17)23-19(24)9-10-20-22-12-13-25-20/h2-13,18H,14H2,1H3,(H,23,24)/b10-9+. The molecule has 0 saturated carbocycles. The fraction of sp³-hybridized carbons (Fsp3) is 0.150. The normalized spacial score (nSPS) is 12.2. The summed E-state index contributed by atoms with van der Waals surface area (Å²) in [7, 11) is 0. The van der Waals surface area contributed by atoms with Crippen LogP contribution in [0.15, 0.2) is 66.3 Å². The highest BCUT2D eigenvalue weighted by Crippen LogP contribution is 2.17. The van der Waals surface area contributed by atoms with Crippen molar-refractivity contribution in [3.63, 3.8) is 0 Å². The van der Waals surface area contributed by atoms with Crippen molar-refractivity contribution in [1.29, 1.82) is 0 Å². The van der Waals surface area contributed by atoms with Gasteiger partial charge in [-0.3, -0.25) is 9.78 Å². The fourth-order valence-electron chi connectivity index (χ4n) is 2.46. The number of amides is 1. The molecule has 2 heterocycles. The Morgan fingerprint density at radius 2 is 2.00 bits per heavy atom. The van der Waals surface area contributed by atoms with E-state index in [1.54, 1.807) is 18.5 Å². The first kappa shape index (κ1) is 17.0. The van der Waals surface area contributed by atoms with Gasteiger partial charge in [0.1, 0.15) is 5.01 Å². The fourth-order valence-corrected chi connectivity index (χ4v) is 2.98. The van der Waals surface area contributed by atoms with Gasteiger partial charge >= 0.3 is 0 Å². The summed E-state index contributed by atoms with van der Waals surface area (Å²) in [5, 5.41) is 5.74. The Bertz CT molecular complexity index is 827. The highest BCUT2D eigenvalue weighted by Gasteiger charge is 2.15. The Hall–Kier alpha value is -2.79. The van der Waals surface area contributed by atoms with E-state index in [1.165, 1.54) is 23.0 Å². The molecule has 0 aliphatic rings. The van der Waals surface area contributed by atoms with Gasteiger partial charge in [-0.1, -0.05) is 35.9 Å². The van der Waals surface area contributed by atoms with Crippen molar-refractivity contribution in [1.82, 2.24) is 15.3 Å². The van der Waals surface area contributed by atoms with E-state index in [4.69, 9.17) is 0 Å². The van der Waals surface area contributed by atoms with Crippen molar-refractivity contribution in [2.24, 2.45) is 0 Å². The molecule has 0 spiro atoms. The molecular formula is C20H19N3OS. The van der Waals surface area contributed by atoms with Crippen LogP contribution in [0.4, 0.5) is 0 Å². The van der Waals surface area contributed by atoms with Crippen LogP contribution in [0.2, 0.25) is 0 Å². The van der Waals surface area contributed by atoms with Crippen LogP contribution in [-0.2, 0) is 11.2 Å². The lowest BCUT2D eigenvalue weighted by Gasteiger charge is -2.17. The highest BCUT2D eigenvalue weighted by atomic mass is 32.1. The number of nitrogens with one attached hydrogen (secondary N) is 1. The van der Waals surface area contributed by atoms with E-state index in [0.29, 0.717) is 6.42 Å². The van der Waals surface area contributed by atoms with E-state index in [2.05, 4.69) is 46.5 Å². The maximum Gasteiger partial charge on any atom is 0.244 e. The number of aryl methyl sites for hydroxylation is 1. The predicted octanol–water partition coefficient (Wildman–Crippen LogP) is 3.96. The number of pyridine rings is 1. The maximum atomic E-state index is 12.3. The van der Waals surface area contributed by atoms with Gasteiger partial charge in [0.25, 0.3) is 0 Å². The van der Waals surface area contributed by atoms with Crippen LogP contribution in [0.3, 0.4) is 0 Å². The molecule has 0 saturated heterocycles. The van der Waals surface area contributed by atoms with E-state index < -0.39 is 0 Å². The topological polar surface area (TPSA) is 54.9 Å². The van der Waals surface area contributed by atoms with Crippen LogP contribution >= 0.6 is 11.3 Å². The Balaban J connectivity index is 1.74. The molecule has 0 fully saturated rings. The molecule has 1 amide bonds. The van der Waals surface area contributed by atoms with Crippen LogP contribution in [-0.4, -0.2) is 15.9 Å². The number of aromatic nitrogens is 2. The van der Waals surface area contributed by atoms with E-state index in [0.717, 1.165) is 16.3 Å². The minimum Gasteiger partial charge on any atom is -0.344 e. The number of carbonyl (C=O) groups excluding carboxylic acids is 1. The minimum atomic E-state index is -0.183. The SMILES string of the molecule is Cc1ccc(CC(NC(=O)/C=C/c2nccs2)c2ccccn2)cc1. The largest absolute Gasteiger partial charge is 0.344 e. The van der Waals surface area contributed by atoms with Crippen LogP contribution in [0.5, 0.6) is 0 Å². The molecule has 1 aromatic carbocycles. The second kappa shape index (κ2) is 8.35. The van der Waals surface area contributed by atoms with Crippen molar-refractivity contribution in [2.45, 2.75) is 19.4 Å². The molecule has 3 aromatic rings. The number of nitrogens with zero attached hydrogens (tertiary/aromatic N) is 2. The zero-order valence-electron chi connectivity index (χ0n) is 13.9.